The average molecular weight is 332 g/mol. The van der Waals surface area contributed by atoms with Crippen LogP contribution in [-0.2, 0) is 4.79 Å². The van der Waals surface area contributed by atoms with E-state index in [4.69, 9.17) is 4.74 Å². The molecule has 24 heavy (non-hydrogen) atoms. The molecular weight excluding hydrogens is 315 g/mol. The van der Waals surface area contributed by atoms with Crippen LogP contribution in [0.15, 0.2) is 42.5 Å². The van der Waals surface area contributed by atoms with Crippen molar-refractivity contribution >= 4 is 17.3 Å². The van der Waals surface area contributed by atoms with Gasteiger partial charge in [-0.05, 0) is 23.6 Å². The van der Waals surface area contributed by atoms with Crippen LogP contribution in [0.25, 0.3) is 0 Å². The van der Waals surface area contributed by atoms with Crippen molar-refractivity contribution in [3.8, 4) is 5.75 Å². The number of rotatable bonds is 6. The summed E-state index contributed by atoms with van der Waals surface area (Å²) in [6, 6.07) is 10.2. The molecule has 2 rings (SSSR count). The molecule has 2 aromatic carbocycles. The van der Waals surface area contributed by atoms with Crippen molar-refractivity contribution in [3.05, 3.63) is 64.0 Å². The van der Waals surface area contributed by atoms with Crippen LogP contribution >= 0.6 is 0 Å². The van der Waals surface area contributed by atoms with Gasteiger partial charge in [-0.2, -0.15) is 0 Å². The molecule has 1 amide bonds. The van der Waals surface area contributed by atoms with E-state index in [1.165, 1.54) is 0 Å². The lowest BCUT2D eigenvalue weighted by Crippen LogP contribution is -2.21. The van der Waals surface area contributed by atoms with Gasteiger partial charge < -0.3 is 10.1 Å². The van der Waals surface area contributed by atoms with Crippen molar-refractivity contribution in [1.29, 1.82) is 0 Å². The Kier molecular flexibility index (Phi) is 5.47. The lowest BCUT2D eigenvalue weighted by atomic mass is 10.0. The van der Waals surface area contributed by atoms with Crippen LogP contribution in [0.5, 0.6) is 5.75 Å². The number of halogens is 1. The zero-order valence-electron chi connectivity index (χ0n) is 13.3. The number of non-ortho nitro benzene ring substituents is 1. The third kappa shape index (κ3) is 4.28. The molecule has 0 aliphatic heterocycles. The summed E-state index contributed by atoms with van der Waals surface area (Å²) in [4.78, 5) is 22.0. The molecule has 0 saturated heterocycles. The molecule has 0 aromatic heterocycles. The summed E-state index contributed by atoms with van der Waals surface area (Å²) >= 11 is 0. The van der Waals surface area contributed by atoms with Crippen LogP contribution in [0, 0.1) is 15.9 Å². The number of nitrogens with one attached hydrogen (secondary N) is 1. The molecule has 0 atom stereocenters. The first kappa shape index (κ1) is 17.4. The molecule has 0 saturated carbocycles. The van der Waals surface area contributed by atoms with Gasteiger partial charge in [0, 0.05) is 12.1 Å². The highest BCUT2D eigenvalue weighted by atomic mass is 19.1. The summed E-state index contributed by atoms with van der Waals surface area (Å²) in [6.07, 6.45) is 0. The summed E-state index contributed by atoms with van der Waals surface area (Å²) in [5.41, 5.74) is 0.388. The van der Waals surface area contributed by atoms with Crippen molar-refractivity contribution in [3.63, 3.8) is 0 Å². The number of ether oxygens (including phenoxy) is 1. The van der Waals surface area contributed by atoms with E-state index in [2.05, 4.69) is 5.32 Å². The molecule has 0 aliphatic rings. The van der Waals surface area contributed by atoms with Gasteiger partial charge in [-0.1, -0.05) is 32.0 Å². The van der Waals surface area contributed by atoms with Crippen molar-refractivity contribution in [2.75, 3.05) is 11.9 Å². The lowest BCUT2D eigenvalue weighted by Gasteiger charge is -2.13. The van der Waals surface area contributed by atoms with Gasteiger partial charge in [0.2, 0.25) is 0 Å². The molecule has 0 heterocycles. The Hall–Kier alpha value is -2.96. The van der Waals surface area contributed by atoms with Gasteiger partial charge in [-0.3, -0.25) is 14.9 Å². The van der Waals surface area contributed by atoms with Gasteiger partial charge in [-0.25, -0.2) is 4.39 Å². The average Bonchev–Trinajstić information content (AvgIpc) is 2.55. The third-order valence-electron chi connectivity index (χ3n) is 3.33. The highest BCUT2D eigenvalue weighted by Crippen LogP contribution is 2.26. The minimum absolute atomic E-state index is 0.221. The molecule has 2 aromatic rings. The fraction of sp³-hybridized carbons (Fsp3) is 0.235. The summed E-state index contributed by atoms with van der Waals surface area (Å²) in [6.45, 7) is 3.67. The fourth-order valence-corrected chi connectivity index (χ4v) is 2.14. The van der Waals surface area contributed by atoms with E-state index in [0.717, 1.165) is 23.8 Å². The number of carbonyl (C=O) groups excluding carboxylic acids is 1. The second-order valence-corrected chi connectivity index (χ2v) is 5.45. The van der Waals surface area contributed by atoms with Crippen molar-refractivity contribution < 1.29 is 18.8 Å². The van der Waals surface area contributed by atoms with Gasteiger partial charge in [0.15, 0.2) is 6.61 Å². The third-order valence-corrected chi connectivity index (χ3v) is 3.33. The van der Waals surface area contributed by atoms with Crippen LogP contribution in [0.4, 0.5) is 15.8 Å². The Labute approximate surface area is 138 Å². The number of hydrogen-bond acceptors (Lipinski definition) is 4. The molecule has 0 aliphatic carbocycles. The smallest absolute Gasteiger partial charge is 0.271 e. The minimum Gasteiger partial charge on any atom is -0.483 e. The Morgan fingerprint density at radius 1 is 1.29 bits per heavy atom. The van der Waals surface area contributed by atoms with E-state index >= 15 is 0 Å². The topological polar surface area (TPSA) is 81.5 Å². The quantitative estimate of drug-likeness (QED) is 0.643. The number of nitro benzene ring substituents is 1. The number of benzene rings is 2. The van der Waals surface area contributed by atoms with Gasteiger partial charge in [-0.15, -0.1) is 0 Å². The minimum atomic E-state index is -0.753. The van der Waals surface area contributed by atoms with Gasteiger partial charge in [0.1, 0.15) is 11.6 Å². The summed E-state index contributed by atoms with van der Waals surface area (Å²) in [5, 5.41) is 13.0. The Bertz CT molecular complexity index is 762. The zero-order chi connectivity index (χ0) is 17.7. The Morgan fingerprint density at radius 3 is 2.67 bits per heavy atom. The number of nitro groups is 1. The largest absolute Gasteiger partial charge is 0.483 e. The SMILES string of the molecule is CC(C)c1ccccc1OCC(=O)Nc1cc([N+](=O)[O-])ccc1F. The van der Waals surface area contributed by atoms with E-state index in [0.29, 0.717) is 5.75 Å². The maximum absolute atomic E-state index is 13.6. The molecule has 0 spiro atoms. The summed E-state index contributed by atoms with van der Waals surface area (Å²) in [5.74, 6) is -0.565. The second kappa shape index (κ2) is 7.54. The standard InChI is InChI=1S/C17H17FN2O4/c1-11(2)13-5-3-4-6-16(13)24-10-17(21)19-15-9-12(20(22)23)7-8-14(15)18/h3-9,11H,10H2,1-2H3,(H,19,21). The molecule has 1 N–H and O–H groups in total. The fourth-order valence-electron chi connectivity index (χ4n) is 2.14. The van der Waals surface area contributed by atoms with Crippen molar-refractivity contribution in [2.24, 2.45) is 0 Å². The molecule has 7 heteroatoms. The first-order valence-electron chi connectivity index (χ1n) is 7.34. The first-order valence-corrected chi connectivity index (χ1v) is 7.34. The Morgan fingerprint density at radius 2 is 2.00 bits per heavy atom. The number of nitrogens with zero attached hydrogens (tertiary/aromatic N) is 1. The lowest BCUT2D eigenvalue weighted by molar-refractivity contribution is -0.384. The maximum atomic E-state index is 13.6. The highest BCUT2D eigenvalue weighted by molar-refractivity contribution is 5.92. The van der Waals surface area contributed by atoms with E-state index in [1.807, 2.05) is 26.0 Å². The molecule has 6 nitrogen and oxygen atoms in total. The van der Waals surface area contributed by atoms with Crippen LogP contribution in [0.1, 0.15) is 25.3 Å². The number of anilines is 1. The monoisotopic (exact) mass is 332 g/mol. The maximum Gasteiger partial charge on any atom is 0.271 e. The predicted molar refractivity (Wildman–Crippen MR) is 87.7 cm³/mol. The van der Waals surface area contributed by atoms with Crippen molar-refractivity contribution in [2.45, 2.75) is 19.8 Å². The normalized spacial score (nSPS) is 10.5. The van der Waals surface area contributed by atoms with Gasteiger partial charge >= 0.3 is 0 Å². The zero-order valence-corrected chi connectivity index (χ0v) is 13.3. The van der Waals surface area contributed by atoms with E-state index in [9.17, 15) is 19.3 Å². The number of amides is 1. The van der Waals surface area contributed by atoms with Crippen LogP contribution in [-0.4, -0.2) is 17.4 Å². The van der Waals surface area contributed by atoms with Crippen LogP contribution < -0.4 is 10.1 Å². The number of para-hydroxylation sites is 1. The Balaban J connectivity index is 2.05. The highest BCUT2D eigenvalue weighted by Gasteiger charge is 2.14. The summed E-state index contributed by atoms with van der Waals surface area (Å²) < 4.78 is 19.1. The predicted octanol–water partition coefficient (Wildman–Crippen LogP) is 3.87. The molecule has 126 valence electrons. The van der Waals surface area contributed by atoms with Crippen LogP contribution in [0.3, 0.4) is 0 Å². The van der Waals surface area contributed by atoms with Gasteiger partial charge in [0.25, 0.3) is 11.6 Å². The van der Waals surface area contributed by atoms with Gasteiger partial charge in [0.05, 0.1) is 10.6 Å². The van der Waals surface area contributed by atoms with Crippen molar-refractivity contribution in [1.82, 2.24) is 0 Å². The number of carbonyl (C=O) groups is 1. The second-order valence-electron chi connectivity index (χ2n) is 5.45. The molecule has 0 bridgehead atoms. The number of hydrogen-bond donors (Lipinski definition) is 1. The summed E-state index contributed by atoms with van der Waals surface area (Å²) in [7, 11) is 0. The van der Waals surface area contributed by atoms with Crippen LogP contribution in [0.2, 0.25) is 0 Å². The molecule has 0 unspecified atom stereocenters. The molecule has 0 fully saturated rings. The molecular formula is C17H17FN2O4. The molecule has 0 radical (unpaired) electrons. The first-order chi connectivity index (χ1) is 11.4. The van der Waals surface area contributed by atoms with E-state index in [1.54, 1.807) is 12.1 Å². The van der Waals surface area contributed by atoms with E-state index in [-0.39, 0.29) is 23.9 Å². The van der Waals surface area contributed by atoms with E-state index < -0.39 is 16.6 Å².